The van der Waals surface area contributed by atoms with Crippen LogP contribution in [-0.4, -0.2) is 44.5 Å². The number of rotatable bonds is 5. The van der Waals surface area contributed by atoms with Gasteiger partial charge in [-0.15, -0.1) is 0 Å². The topological polar surface area (TPSA) is 111 Å². The van der Waals surface area contributed by atoms with Crippen LogP contribution in [0.5, 0.6) is 0 Å². The zero-order chi connectivity index (χ0) is 12.6. The Morgan fingerprint density at radius 2 is 2.00 bits per heavy atom. The van der Waals surface area contributed by atoms with Crippen molar-refractivity contribution in [3.63, 3.8) is 0 Å². The van der Waals surface area contributed by atoms with E-state index in [1.54, 1.807) is 0 Å². The maximum Gasteiger partial charge on any atom is 0.330 e. The molecule has 0 fully saturated rings. The molecule has 0 saturated carbocycles. The molecular weight excluding hydrogens is 214 g/mol. The first kappa shape index (κ1) is 14.1. The van der Waals surface area contributed by atoms with Gasteiger partial charge in [-0.1, -0.05) is 0 Å². The minimum absolute atomic E-state index is 0.00990. The van der Waals surface area contributed by atoms with Crippen molar-refractivity contribution in [3.8, 4) is 0 Å². The first-order chi connectivity index (χ1) is 7.51. The van der Waals surface area contributed by atoms with Gasteiger partial charge in [0.2, 0.25) is 11.8 Å². The molecule has 1 atom stereocenters. The Hall–Kier alpha value is -1.89. The van der Waals surface area contributed by atoms with E-state index in [0.29, 0.717) is 0 Å². The fourth-order valence-electron chi connectivity index (χ4n) is 0.759. The third kappa shape index (κ3) is 5.76. The molecule has 7 heteroatoms. The standard InChI is InChI=1S/C9H15N3O4/c1-11-9(15)6(10)5-12-7(13)3-4-8(14)16-2/h3-4,6H,5,10H2,1-2H3,(H,11,15)(H,12,13)/b4-3+/t6-/m0/s1. The molecule has 0 aromatic carbocycles. The van der Waals surface area contributed by atoms with Crippen LogP contribution in [0.15, 0.2) is 12.2 Å². The smallest absolute Gasteiger partial charge is 0.330 e. The van der Waals surface area contributed by atoms with Crippen LogP contribution < -0.4 is 16.4 Å². The minimum Gasteiger partial charge on any atom is -0.466 e. The van der Waals surface area contributed by atoms with Gasteiger partial charge in [0, 0.05) is 25.7 Å². The van der Waals surface area contributed by atoms with Gasteiger partial charge in [0.1, 0.15) is 6.04 Å². The van der Waals surface area contributed by atoms with Gasteiger partial charge < -0.3 is 21.1 Å². The van der Waals surface area contributed by atoms with E-state index in [1.165, 1.54) is 14.2 Å². The highest BCUT2D eigenvalue weighted by Gasteiger charge is 2.11. The molecular formula is C9H15N3O4. The average molecular weight is 229 g/mol. The van der Waals surface area contributed by atoms with Crippen molar-refractivity contribution in [2.75, 3.05) is 20.7 Å². The molecule has 0 heterocycles. The monoisotopic (exact) mass is 229 g/mol. The molecule has 0 aliphatic rings. The Balaban J connectivity index is 3.94. The summed E-state index contributed by atoms with van der Waals surface area (Å²) in [6.07, 6.45) is 1.98. The number of amides is 2. The van der Waals surface area contributed by atoms with E-state index in [0.717, 1.165) is 12.2 Å². The maximum atomic E-state index is 11.1. The number of hydrogen-bond donors (Lipinski definition) is 3. The lowest BCUT2D eigenvalue weighted by molar-refractivity contribution is -0.135. The van der Waals surface area contributed by atoms with E-state index in [1.807, 2.05) is 0 Å². The van der Waals surface area contributed by atoms with Crippen molar-refractivity contribution in [1.29, 1.82) is 0 Å². The second-order valence-corrected chi connectivity index (χ2v) is 2.82. The summed E-state index contributed by atoms with van der Waals surface area (Å²) >= 11 is 0. The number of esters is 1. The van der Waals surface area contributed by atoms with E-state index in [4.69, 9.17) is 5.73 Å². The van der Waals surface area contributed by atoms with Crippen LogP contribution in [0.1, 0.15) is 0 Å². The fraction of sp³-hybridized carbons (Fsp3) is 0.444. The van der Waals surface area contributed by atoms with Crippen molar-refractivity contribution < 1.29 is 19.1 Å². The van der Waals surface area contributed by atoms with Gasteiger partial charge in [-0.2, -0.15) is 0 Å². The molecule has 0 aliphatic heterocycles. The molecule has 16 heavy (non-hydrogen) atoms. The number of nitrogens with two attached hydrogens (primary N) is 1. The molecule has 0 aliphatic carbocycles. The number of methoxy groups -OCH3 is 1. The van der Waals surface area contributed by atoms with Crippen molar-refractivity contribution in [3.05, 3.63) is 12.2 Å². The summed E-state index contributed by atoms with van der Waals surface area (Å²) in [7, 11) is 2.65. The van der Waals surface area contributed by atoms with E-state index in [2.05, 4.69) is 15.4 Å². The summed E-state index contributed by atoms with van der Waals surface area (Å²) in [6, 6.07) is -0.819. The highest BCUT2D eigenvalue weighted by molar-refractivity contribution is 5.94. The van der Waals surface area contributed by atoms with Crippen LogP contribution in [0.4, 0.5) is 0 Å². The minimum atomic E-state index is -0.819. The van der Waals surface area contributed by atoms with E-state index < -0.39 is 17.9 Å². The second-order valence-electron chi connectivity index (χ2n) is 2.82. The zero-order valence-corrected chi connectivity index (χ0v) is 9.15. The molecule has 0 spiro atoms. The largest absolute Gasteiger partial charge is 0.466 e. The van der Waals surface area contributed by atoms with Gasteiger partial charge in [-0.25, -0.2) is 4.79 Å². The summed E-state index contributed by atoms with van der Waals surface area (Å²) in [5, 5.41) is 4.70. The molecule has 7 nitrogen and oxygen atoms in total. The first-order valence-corrected chi connectivity index (χ1v) is 4.52. The molecule has 0 radical (unpaired) electrons. The van der Waals surface area contributed by atoms with Crippen LogP contribution >= 0.6 is 0 Å². The summed E-state index contributed by atoms with van der Waals surface area (Å²) in [5.41, 5.74) is 5.42. The predicted octanol–water partition coefficient (Wildman–Crippen LogP) is -2.09. The molecule has 0 aromatic heterocycles. The number of hydrogen-bond acceptors (Lipinski definition) is 5. The third-order valence-electron chi connectivity index (χ3n) is 1.65. The van der Waals surface area contributed by atoms with Crippen LogP contribution in [0.25, 0.3) is 0 Å². The number of carbonyl (C=O) groups is 3. The lowest BCUT2D eigenvalue weighted by Crippen LogP contribution is -2.46. The number of ether oxygens (including phenoxy) is 1. The normalized spacial score (nSPS) is 11.9. The Morgan fingerprint density at radius 3 is 2.50 bits per heavy atom. The van der Waals surface area contributed by atoms with Crippen molar-refractivity contribution in [1.82, 2.24) is 10.6 Å². The van der Waals surface area contributed by atoms with Crippen molar-refractivity contribution in [2.45, 2.75) is 6.04 Å². The molecule has 4 N–H and O–H groups in total. The molecule has 0 rings (SSSR count). The van der Waals surface area contributed by atoms with Gasteiger partial charge in [0.15, 0.2) is 0 Å². The van der Waals surface area contributed by atoms with Crippen LogP contribution in [0.2, 0.25) is 0 Å². The number of likely N-dealkylation sites (N-methyl/N-ethyl adjacent to an activating group) is 1. The van der Waals surface area contributed by atoms with Gasteiger partial charge >= 0.3 is 5.97 Å². The van der Waals surface area contributed by atoms with Crippen LogP contribution in [0, 0.1) is 0 Å². The van der Waals surface area contributed by atoms with Crippen LogP contribution in [0.3, 0.4) is 0 Å². The summed E-state index contributed by atoms with van der Waals surface area (Å²) in [4.78, 5) is 32.7. The predicted molar refractivity (Wildman–Crippen MR) is 56.2 cm³/mol. The molecule has 0 saturated heterocycles. The Labute approximate surface area is 93.0 Å². The third-order valence-corrected chi connectivity index (χ3v) is 1.65. The molecule has 90 valence electrons. The lowest BCUT2D eigenvalue weighted by Gasteiger charge is -2.09. The molecule has 2 amide bonds. The van der Waals surface area contributed by atoms with E-state index in [9.17, 15) is 14.4 Å². The number of carbonyl (C=O) groups excluding carboxylic acids is 3. The highest BCUT2D eigenvalue weighted by atomic mass is 16.5. The first-order valence-electron chi connectivity index (χ1n) is 4.52. The van der Waals surface area contributed by atoms with E-state index in [-0.39, 0.29) is 12.5 Å². The van der Waals surface area contributed by atoms with E-state index >= 15 is 0 Å². The highest BCUT2D eigenvalue weighted by Crippen LogP contribution is 1.80. The molecule has 0 unspecified atom stereocenters. The lowest BCUT2D eigenvalue weighted by atomic mass is 10.3. The van der Waals surface area contributed by atoms with Crippen LogP contribution in [-0.2, 0) is 19.1 Å². The Morgan fingerprint density at radius 1 is 1.38 bits per heavy atom. The molecule has 0 aromatic rings. The number of nitrogens with one attached hydrogen (secondary N) is 2. The summed E-state index contributed by atoms with van der Waals surface area (Å²) < 4.78 is 4.29. The van der Waals surface area contributed by atoms with Crippen molar-refractivity contribution >= 4 is 17.8 Å². The SMILES string of the molecule is CNC(=O)[C@@H](N)CNC(=O)/C=C/C(=O)OC. The fourth-order valence-corrected chi connectivity index (χ4v) is 0.759. The quantitative estimate of drug-likeness (QED) is 0.369. The van der Waals surface area contributed by atoms with Gasteiger partial charge in [-0.3, -0.25) is 9.59 Å². The Kier molecular flexibility index (Phi) is 6.53. The average Bonchev–Trinajstić information content (AvgIpc) is 2.31. The van der Waals surface area contributed by atoms with Gasteiger partial charge in [0.05, 0.1) is 7.11 Å². The molecule has 0 bridgehead atoms. The maximum absolute atomic E-state index is 11.1. The summed E-state index contributed by atoms with van der Waals surface area (Å²) in [5.74, 6) is -1.53. The van der Waals surface area contributed by atoms with Gasteiger partial charge in [0.25, 0.3) is 0 Å². The van der Waals surface area contributed by atoms with Gasteiger partial charge in [-0.05, 0) is 0 Å². The Bertz CT molecular complexity index is 301. The zero-order valence-electron chi connectivity index (χ0n) is 9.15. The van der Waals surface area contributed by atoms with Crippen molar-refractivity contribution in [2.24, 2.45) is 5.73 Å². The second kappa shape index (κ2) is 7.41. The summed E-state index contributed by atoms with van der Waals surface area (Å²) in [6.45, 7) is -0.00990.